The lowest BCUT2D eigenvalue weighted by Gasteiger charge is -2.20. The van der Waals surface area contributed by atoms with Gasteiger partial charge in [0.2, 0.25) is 0 Å². The monoisotopic (exact) mass is 343 g/mol. The van der Waals surface area contributed by atoms with E-state index in [9.17, 15) is 14.7 Å². The van der Waals surface area contributed by atoms with Gasteiger partial charge in [0, 0.05) is 11.1 Å². The van der Waals surface area contributed by atoms with Crippen LogP contribution in [-0.4, -0.2) is 16.8 Å². The van der Waals surface area contributed by atoms with Crippen LogP contribution in [0.2, 0.25) is 0 Å². The Morgan fingerprint density at radius 1 is 0.962 bits per heavy atom. The highest BCUT2D eigenvalue weighted by Crippen LogP contribution is 2.38. The molecule has 3 aromatic carbocycles. The Bertz CT molecular complexity index is 1020. The minimum Gasteiger partial charge on any atom is -0.507 e. The topological polar surface area (TPSA) is 66.4 Å². The average Bonchev–Trinajstić information content (AvgIpc) is 3.00. The summed E-state index contributed by atoms with van der Waals surface area (Å²) in [6, 6.07) is 19.0. The molecule has 0 fully saturated rings. The second-order valence-electron chi connectivity index (χ2n) is 6.38. The molecule has 0 bridgehead atoms. The zero-order chi connectivity index (χ0) is 18.3. The Morgan fingerprint density at radius 2 is 1.65 bits per heavy atom. The van der Waals surface area contributed by atoms with Gasteiger partial charge in [0.1, 0.15) is 5.75 Å². The van der Waals surface area contributed by atoms with Gasteiger partial charge in [0.15, 0.2) is 5.78 Å². The lowest BCUT2D eigenvalue weighted by Crippen LogP contribution is -2.23. The van der Waals surface area contributed by atoms with Crippen LogP contribution in [0.1, 0.15) is 49.0 Å². The second kappa shape index (κ2) is 6.15. The third-order valence-electron chi connectivity index (χ3n) is 4.79. The summed E-state index contributed by atoms with van der Waals surface area (Å²) < 4.78 is 0. The molecule has 0 saturated carbocycles. The fourth-order valence-electron chi connectivity index (χ4n) is 3.53. The number of phenolic OH excluding ortho intramolecular Hbond substituents is 1. The summed E-state index contributed by atoms with van der Waals surface area (Å²) in [7, 11) is 0. The van der Waals surface area contributed by atoms with Crippen molar-refractivity contribution in [2.24, 2.45) is 0 Å². The van der Waals surface area contributed by atoms with E-state index >= 15 is 0 Å². The summed E-state index contributed by atoms with van der Waals surface area (Å²) in [5.41, 5.74) is 3.61. The van der Waals surface area contributed by atoms with Crippen molar-refractivity contribution >= 4 is 11.7 Å². The summed E-state index contributed by atoms with van der Waals surface area (Å²) >= 11 is 0. The molecule has 0 radical (unpaired) electrons. The number of hydrogen-bond donors (Lipinski definition) is 2. The molecule has 3 aromatic rings. The lowest BCUT2D eigenvalue weighted by molar-refractivity contribution is 0.0957. The summed E-state index contributed by atoms with van der Waals surface area (Å²) in [5, 5.41) is 13.4. The summed E-state index contributed by atoms with van der Waals surface area (Å²) in [4.78, 5) is 25.5. The van der Waals surface area contributed by atoms with Crippen LogP contribution >= 0.6 is 0 Å². The number of nitrogens with one attached hydrogen (secondary N) is 1. The van der Waals surface area contributed by atoms with E-state index in [4.69, 9.17) is 0 Å². The van der Waals surface area contributed by atoms with Crippen LogP contribution in [0.5, 0.6) is 5.75 Å². The van der Waals surface area contributed by atoms with E-state index in [0.29, 0.717) is 16.7 Å². The molecule has 1 amide bonds. The van der Waals surface area contributed by atoms with Crippen molar-refractivity contribution in [3.63, 3.8) is 0 Å². The number of ketones is 1. The van der Waals surface area contributed by atoms with E-state index in [-0.39, 0.29) is 23.0 Å². The van der Waals surface area contributed by atoms with Crippen LogP contribution in [0.4, 0.5) is 0 Å². The molecular weight excluding hydrogens is 326 g/mol. The summed E-state index contributed by atoms with van der Waals surface area (Å²) in [6.45, 7) is 1.88. The number of benzene rings is 3. The number of hydrogen-bond acceptors (Lipinski definition) is 3. The van der Waals surface area contributed by atoms with E-state index in [1.165, 1.54) is 6.07 Å². The van der Waals surface area contributed by atoms with Crippen molar-refractivity contribution in [2.45, 2.75) is 13.0 Å². The van der Waals surface area contributed by atoms with Crippen LogP contribution in [0.25, 0.3) is 0 Å². The number of carbonyl (C=O) groups excluding carboxylic acids is 2. The number of fused-ring (bicyclic) bond motifs is 1. The SMILES string of the molecule is Cc1ccc(O)c(C(=O)c2ccccc2)c1C1NC(=O)c2ccccc21. The maximum Gasteiger partial charge on any atom is 0.252 e. The van der Waals surface area contributed by atoms with Gasteiger partial charge in [-0.1, -0.05) is 54.6 Å². The van der Waals surface area contributed by atoms with Gasteiger partial charge in [-0.3, -0.25) is 9.59 Å². The highest BCUT2D eigenvalue weighted by atomic mass is 16.3. The highest BCUT2D eigenvalue weighted by Gasteiger charge is 2.34. The van der Waals surface area contributed by atoms with E-state index < -0.39 is 6.04 Å². The van der Waals surface area contributed by atoms with Crippen molar-refractivity contribution in [3.05, 3.63) is 100 Å². The Kier molecular flexibility index (Phi) is 3.81. The predicted molar refractivity (Wildman–Crippen MR) is 98.5 cm³/mol. The van der Waals surface area contributed by atoms with E-state index in [1.807, 2.05) is 31.2 Å². The maximum atomic E-state index is 13.1. The third kappa shape index (κ3) is 2.47. The van der Waals surface area contributed by atoms with Gasteiger partial charge in [-0.15, -0.1) is 0 Å². The van der Waals surface area contributed by atoms with Crippen molar-refractivity contribution in [1.29, 1.82) is 0 Å². The van der Waals surface area contributed by atoms with E-state index in [1.54, 1.807) is 36.4 Å². The predicted octanol–water partition coefficient (Wildman–Crippen LogP) is 3.76. The lowest BCUT2D eigenvalue weighted by atomic mass is 9.87. The molecule has 2 N–H and O–H groups in total. The number of phenols is 1. The molecule has 1 aliphatic heterocycles. The number of carbonyl (C=O) groups is 2. The molecule has 4 rings (SSSR count). The molecule has 1 unspecified atom stereocenters. The molecule has 0 spiro atoms. The molecule has 1 heterocycles. The number of rotatable bonds is 3. The first-order chi connectivity index (χ1) is 12.6. The molecule has 1 atom stereocenters. The van der Waals surface area contributed by atoms with Gasteiger partial charge in [0.05, 0.1) is 11.6 Å². The zero-order valence-corrected chi connectivity index (χ0v) is 14.2. The van der Waals surface area contributed by atoms with Crippen molar-refractivity contribution in [2.75, 3.05) is 0 Å². The normalized spacial score (nSPS) is 15.4. The van der Waals surface area contributed by atoms with Gasteiger partial charge in [-0.2, -0.15) is 0 Å². The minimum atomic E-state index is -0.464. The quantitative estimate of drug-likeness (QED) is 0.712. The number of amides is 1. The standard InChI is InChI=1S/C22H17NO3/c1-13-11-12-17(24)19(21(25)14-7-3-2-4-8-14)18(13)20-15-9-5-6-10-16(15)22(26)23-20/h2-12,20,24H,1H3,(H,23,26). The molecule has 1 aliphatic rings. The second-order valence-corrected chi connectivity index (χ2v) is 6.38. The van der Waals surface area contributed by atoms with Crippen molar-refractivity contribution in [3.8, 4) is 5.75 Å². The first-order valence-electron chi connectivity index (χ1n) is 8.40. The smallest absolute Gasteiger partial charge is 0.252 e. The Balaban J connectivity index is 1.92. The van der Waals surface area contributed by atoms with Crippen molar-refractivity contribution < 1.29 is 14.7 Å². The fraction of sp³-hybridized carbons (Fsp3) is 0.0909. The molecular formula is C22H17NO3. The summed E-state index contributed by atoms with van der Waals surface area (Å²) in [6.07, 6.45) is 0. The third-order valence-corrected chi connectivity index (χ3v) is 4.79. The Labute approximate surface area is 151 Å². The minimum absolute atomic E-state index is 0.0851. The van der Waals surface area contributed by atoms with Gasteiger partial charge in [-0.25, -0.2) is 0 Å². The summed E-state index contributed by atoms with van der Waals surface area (Å²) in [5.74, 6) is -0.523. The Morgan fingerprint density at radius 3 is 2.42 bits per heavy atom. The molecule has 0 aromatic heterocycles. The first-order valence-corrected chi connectivity index (χ1v) is 8.40. The van der Waals surface area contributed by atoms with Crippen LogP contribution in [0.3, 0.4) is 0 Å². The van der Waals surface area contributed by atoms with Crippen LogP contribution in [-0.2, 0) is 0 Å². The molecule has 4 nitrogen and oxygen atoms in total. The fourth-order valence-corrected chi connectivity index (χ4v) is 3.53. The van der Waals surface area contributed by atoms with Crippen LogP contribution in [0.15, 0.2) is 66.7 Å². The average molecular weight is 343 g/mol. The van der Waals surface area contributed by atoms with Gasteiger partial charge in [-0.05, 0) is 35.7 Å². The zero-order valence-electron chi connectivity index (χ0n) is 14.2. The van der Waals surface area contributed by atoms with Crippen molar-refractivity contribution in [1.82, 2.24) is 5.32 Å². The first kappa shape index (κ1) is 16.1. The molecule has 4 heteroatoms. The highest BCUT2D eigenvalue weighted by molar-refractivity contribution is 6.12. The maximum absolute atomic E-state index is 13.1. The van der Waals surface area contributed by atoms with Crippen LogP contribution in [0, 0.1) is 6.92 Å². The van der Waals surface area contributed by atoms with Crippen LogP contribution < -0.4 is 5.32 Å². The molecule has 0 saturated heterocycles. The largest absolute Gasteiger partial charge is 0.507 e. The van der Waals surface area contributed by atoms with E-state index in [0.717, 1.165) is 11.1 Å². The van der Waals surface area contributed by atoms with Gasteiger partial charge >= 0.3 is 0 Å². The Hall–Kier alpha value is -3.40. The van der Waals surface area contributed by atoms with Gasteiger partial charge < -0.3 is 10.4 Å². The number of aryl methyl sites for hydroxylation is 1. The number of aromatic hydroxyl groups is 1. The molecule has 0 aliphatic carbocycles. The van der Waals surface area contributed by atoms with E-state index in [2.05, 4.69) is 5.32 Å². The molecule has 128 valence electrons. The molecule has 26 heavy (non-hydrogen) atoms. The van der Waals surface area contributed by atoms with Gasteiger partial charge in [0.25, 0.3) is 5.91 Å².